The maximum atomic E-state index is 13.5. The Morgan fingerprint density at radius 2 is 2.07 bits per heavy atom. The van der Waals surface area contributed by atoms with Crippen molar-refractivity contribution in [1.29, 1.82) is 0 Å². The predicted molar refractivity (Wildman–Crippen MR) is 101 cm³/mol. The van der Waals surface area contributed by atoms with Gasteiger partial charge in [-0.25, -0.2) is 9.97 Å². The van der Waals surface area contributed by atoms with Crippen LogP contribution in [0.25, 0.3) is 11.3 Å². The molecule has 0 bridgehead atoms. The van der Waals surface area contributed by atoms with Gasteiger partial charge in [-0.2, -0.15) is 0 Å². The minimum Gasteiger partial charge on any atom is -0.353 e. The fraction of sp³-hybridized carbons (Fsp3) is 0.429. The molecule has 3 aliphatic heterocycles. The average Bonchev–Trinajstić information content (AvgIpc) is 3.20. The molecule has 4 heterocycles. The van der Waals surface area contributed by atoms with Crippen molar-refractivity contribution >= 4 is 11.8 Å². The molecule has 2 atom stereocenters. The molecule has 3 saturated heterocycles. The molecule has 0 unspecified atom stereocenters. The predicted octanol–water partition coefficient (Wildman–Crippen LogP) is 2.02. The molecule has 7 heteroatoms. The quantitative estimate of drug-likeness (QED) is 0.799. The topological polar surface area (TPSA) is 75.6 Å². The molecule has 0 radical (unpaired) electrons. The van der Waals surface area contributed by atoms with Crippen LogP contribution in [-0.4, -0.2) is 63.0 Å². The Morgan fingerprint density at radius 3 is 2.89 bits per heavy atom. The monoisotopic (exact) mass is 378 g/mol. The lowest BCUT2D eigenvalue weighted by atomic mass is 10.0. The SMILES string of the molecule is Cc1ncc(C(=O)N2CC[C@@]34OCCCN3C(=O)C[C@@H]24)c(-c2ccccc2)n1. The Labute approximate surface area is 163 Å². The van der Waals surface area contributed by atoms with Gasteiger partial charge in [-0.15, -0.1) is 0 Å². The fourth-order valence-electron chi connectivity index (χ4n) is 4.79. The van der Waals surface area contributed by atoms with Crippen LogP contribution in [0.4, 0.5) is 0 Å². The van der Waals surface area contributed by atoms with Crippen LogP contribution >= 0.6 is 0 Å². The standard InChI is InChI=1S/C21H22N4O3/c1-14-22-13-16(19(23-14)15-6-3-2-4-7-15)20(27)24-10-8-21-17(24)12-18(26)25(21)9-5-11-28-21/h2-4,6-7,13,17H,5,8-12H2,1H3/t17-,21+/m1/s1. The van der Waals surface area contributed by atoms with Gasteiger partial charge < -0.3 is 14.5 Å². The van der Waals surface area contributed by atoms with E-state index in [1.807, 2.05) is 42.2 Å². The molecule has 0 N–H and O–H groups in total. The highest BCUT2D eigenvalue weighted by atomic mass is 16.5. The molecule has 2 amide bonds. The number of ether oxygens (including phenoxy) is 1. The molecule has 1 aromatic carbocycles. The molecule has 0 aliphatic carbocycles. The van der Waals surface area contributed by atoms with E-state index in [0.717, 1.165) is 12.0 Å². The Hall–Kier alpha value is -2.80. The number of benzene rings is 1. The molecule has 144 valence electrons. The van der Waals surface area contributed by atoms with E-state index in [1.54, 1.807) is 11.1 Å². The first kappa shape index (κ1) is 17.3. The number of hydrogen-bond donors (Lipinski definition) is 0. The zero-order valence-electron chi connectivity index (χ0n) is 15.8. The van der Waals surface area contributed by atoms with Crippen LogP contribution in [0.2, 0.25) is 0 Å². The van der Waals surface area contributed by atoms with Gasteiger partial charge in [0.15, 0.2) is 5.72 Å². The summed E-state index contributed by atoms with van der Waals surface area (Å²) in [6.07, 6.45) is 3.42. The van der Waals surface area contributed by atoms with E-state index in [4.69, 9.17) is 4.74 Å². The lowest BCUT2D eigenvalue weighted by molar-refractivity contribution is -0.179. The van der Waals surface area contributed by atoms with E-state index in [9.17, 15) is 9.59 Å². The van der Waals surface area contributed by atoms with E-state index in [-0.39, 0.29) is 17.9 Å². The van der Waals surface area contributed by atoms with Gasteiger partial charge >= 0.3 is 0 Å². The van der Waals surface area contributed by atoms with Gasteiger partial charge in [-0.3, -0.25) is 9.59 Å². The molecular weight excluding hydrogens is 356 g/mol. The maximum Gasteiger partial charge on any atom is 0.258 e. The number of rotatable bonds is 2. The van der Waals surface area contributed by atoms with Crippen LogP contribution in [0.5, 0.6) is 0 Å². The number of amides is 2. The molecule has 3 fully saturated rings. The lowest BCUT2D eigenvalue weighted by Gasteiger charge is -2.42. The highest BCUT2D eigenvalue weighted by Crippen LogP contribution is 2.45. The second-order valence-corrected chi connectivity index (χ2v) is 7.61. The number of aromatic nitrogens is 2. The van der Waals surface area contributed by atoms with E-state index in [1.165, 1.54) is 0 Å². The Morgan fingerprint density at radius 1 is 1.25 bits per heavy atom. The van der Waals surface area contributed by atoms with Crippen molar-refractivity contribution in [2.75, 3.05) is 19.7 Å². The first-order valence-electron chi connectivity index (χ1n) is 9.74. The van der Waals surface area contributed by atoms with Crippen molar-refractivity contribution in [3.8, 4) is 11.3 Å². The van der Waals surface area contributed by atoms with Gasteiger partial charge in [-0.05, 0) is 13.3 Å². The zero-order chi connectivity index (χ0) is 19.3. The number of likely N-dealkylation sites (tertiary alicyclic amines) is 1. The lowest BCUT2D eigenvalue weighted by Crippen LogP contribution is -2.56. The second-order valence-electron chi connectivity index (χ2n) is 7.61. The van der Waals surface area contributed by atoms with Crippen LogP contribution in [-0.2, 0) is 9.53 Å². The van der Waals surface area contributed by atoms with Gasteiger partial charge in [0.25, 0.3) is 5.91 Å². The van der Waals surface area contributed by atoms with E-state index < -0.39 is 5.72 Å². The highest BCUT2D eigenvalue weighted by Gasteiger charge is 2.61. The third-order valence-electron chi connectivity index (χ3n) is 6.06. The van der Waals surface area contributed by atoms with Crippen molar-refractivity contribution in [2.24, 2.45) is 0 Å². The van der Waals surface area contributed by atoms with Crippen molar-refractivity contribution in [3.63, 3.8) is 0 Å². The summed E-state index contributed by atoms with van der Waals surface area (Å²) >= 11 is 0. The summed E-state index contributed by atoms with van der Waals surface area (Å²) in [5.41, 5.74) is 1.33. The van der Waals surface area contributed by atoms with E-state index in [2.05, 4.69) is 9.97 Å². The molecule has 7 nitrogen and oxygen atoms in total. The molecule has 1 aromatic heterocycles. The minimum absolute atomic E-state index is 0.0747. The van der Waals surface area contributed by atoms with Crippen molar-refractivity contribution in [2.45, 2.75) is 38.0 Å². The van der Waals surface area contributed by atoms with Crippen LogP contribution in [0, 0.1) is 6.92 Å². The average molecular weight is 378 g/mol. The molecule has 3 aliphatic rings. The van der Waals surface area contributed by atoms with Gasteiger partial charge in [0, 0.05) is 31.3 Å². The normalized spacial score (nSPS) is 26.3. The van der Waals surface area contributed by atoms with Gasteiger partial charge in [-0.1, -0.05) is 30.3 Å². The summed E-state index contributed by atoms with van der Waals surface area (Å²) in [6, 6.07) is 9.41. The summed E-state index contributed by atoms with van der Waals surface area (Å²) < 4.78 is 6.11. The third kappa shape index (κ3) is 2.46. The third-order valence-corrected chi connectivity index (χ3v) is 6.06. The fourth-order valence-corrected chi connectivity index (χ4v) is 4.79. The molecule has 0 saturated carbocycles. The summed E-state index contributed by atoms with van der Waals surface area (Å²) in [7, 11) is 0. The van der Waals surface area contributed by atoms with Gasteiger partial charge in [0.2, 0.25) is 5.91 Å². The summed E-state index contributed by atoms with van der Waals surface area (Å²) in [5.74, 6) is 0.557. The van der Waals surface area contributed by atoms with Crippen LogP contribution in [0.15, 0.2) is 36.5 Å². The Bertz CT molecular complexity index is 948. The van der Waals surface area contributed by atoms with Gasteiger partial charge in [0.1, 0.15) is 5.82 Å². The number of hydrogen-bond acceptors (Lipinski definition) is 5. The molecule has 1 spiro atoms. The number of aryl methyl sites for hydroxylation is 1. The number of carbonyl (C=O) groups is 2. The van der Waals surface area contributed by atoms with Crippen LogP contribution < -0.4 is 0 Å². The second kappa shape index (κ2) is 6.38. The summed E-state index contributed by atoms with van der Waals surface area (Å²) in [6.45, 7) is 3.72. The first-order chi connectivity index (χ1) is 13.6. The molecule has 2 aromatic rings. The molecule has 28 heavy (non-hydrogen) atoms. The van der Waals surface area contributed by atoms with E-state index >= 15 is 0 Å². The van der Waals surface area contributed by atoms with E-state index in [0.29, 0.717) is 49.6 Å². The minimum atomic E-state index is -0.649. The Balaban J connectivity index is 1.52. The Kier molecular flexibility index (Phi) is 3.94. The zero-order valence-corrected chi connectivity index (χ0v) is 15.8. The maximum absolute atomic E-state index is 13.5. The summed E-state index contributed by atoms with van der Waals surface area (Å²) in [5, 5.41) is 0. The van der Waals surface area contributed by atoms with Crippen molar-refractivity contribution in [1.82, 2.24) is 19.8 Å². The van der Waals surface area contributed by atoms with Crippen LogP contribution in [0.3, 0.4) is 0 Å². The number of nitrogens with zero attached hydrogens (tertiary/aromatic N) is 4. The summed E-state index contributed by atoms with van der Waals surface area (Å²) in [4.78, 5) is 38.5. The van der Waals surface area contributed by atoms with Crippen LogP contribution in [0.1, 0.15) is 35.4 Å². The molecular formula is C21H22N4O3. The first-order valence-corrected chi connectivity index (χ1v) is 9.74. The largest absolute Gasteiger partial charge is 0.353 e. The van der Waals surface area contributed by atoms with Crippen molar-refractivity contribution in [3.05, 3.63) is 47.9 Å². The molecule has 5 rings (SSSR count). The van der Waals surface area contributed by atoms with Gasteiger partial charge in [0.05, 0.1) is 30.3 Å². The van der Waals surface area contributed by atoms with Crippen molar-refractivity contribution < 1.29 is 14.3 Å². The smallest absolute Gasteiger partial charge is 0.258 e. The number of carbonyl (C=O) groups excluding carboxylic acids is 2. The highest BCUT2D eigenvalue weighted by molar-refractivity contribution is 6.00.